The summed E-state index contributed by atoms with van der Waals surface area (Å²) in [5, 5.41) is 30.1. The summed E-state index contributed by atoms with van der Waals surface area (Å²) in [6.45, 7) is 7.89. The van der Waals surface area contributed by atoms with Crippen LogP contribution in [0, 0.1) is 20.2 Å². The fraction of sp³-hybridized carbons (Fsp3) is 0.704. The van der Waals surface area contributed by atoms with Crippen LogP contribution in [-0.4, -0.2) is 135 Å². The van der Waals surface area contributed by atoms with Crippen LogP contribution in [0.5, 0.6) is 0 Å². The molecule has 20 heteroatoms. The number of likely N-dealkylation sites (N-methyl/N-ethyl adjacent to an activating group) is 1. The first-order valence-electron chi connectivity index (χ1n) is 14.8. The van der Waals surface area contributed by atoms with E-state index in [1.807, 2.05) is 7.05 Å². The molecule has 0 unspecified atom stereocenters. The van der Waals surface area contributed by atoms with E-state index in [2.05, 4.69) is 37.2 Å². The summed E-state index contributed by atoms with van der Waals surface area (Å²) in [5.41, 5.74) is -0.467. The molecule has 0 heterocycles. The minimum Gasteiger partial charge on any atom is -0.378 e. The van der Waals surface area contributed by atoms with Crippen molar-refractivity contribution in [1.82, 2.24) is 10.6 Å². The van der Waals surface area contributed by atoms with Gasteiger partial charge in [0.05, 0.1) is 111 Å². The van der Waals surface area contributed by atoms with Crippen molar-refractivity contribution in [2.45, 2.75) is 12.8 Å². The molecule has 47 heavy (non-hydrogen) atoms. The second-order valence-corrected chi connectivity index (χ2v) is 10.3. The van der Waals surface area contributed by atoms with Gasteiger partial charge in [-0.05, 0) is 13.1 Å². The lowest BCUT2D eigenvalue weighted by Crippen LogP contribution is -2.27. The maximum absolute atomic E-state index is 11.1. The predicted molar refractivity (Wildman–Crippen MR) is 183 cm³/mol. The monoisotopic (exact) mass is 807 g/mol. The Kier molecular flexibility index (Phi) is 32.0. The van der Waals surface area contributed by atoms with Crippen molar-refractivity contribution in [2.24, 2.45) is 0 Å². The molecule has 0 aliphatic carbocycles. The van der Waals surface area contributed by atoms with E-state index in [0.717, 1.165) is 18.9 Å². The normalized spacial score (nSPS) is 10.6. The highest BCUT2D eigenvalue weighted by Gasteiger charge is 2.19. The van der Waals surface area contributed by atoms with Crippen LogP contribution in [0.1, 0.15) is 12.8 Å². The van der Waals surface area contributed by atoms with Gasteiger partial charge in [-0.3, -0.25) is 25.0 Å². The van der Waals surface area contributed by atoms with Crippen LogP contribution >= 0.6 is 30.4 Å². The molecule has 18 nitrogen and oxygen atoms in total. The number of rotatable bonds is 31. The maximum Gasteiger partial charge on any atom is 0.299 e. The number of nitro groups is 2. The van der Waals surface area contributed by atoms with Crippen LogP contribution in [0.4, 0.5) is 17.1 Å². The molecule has 3 N–H and O–H groups in total. The summed E-state index contributed by atoms with van der Waals surface area (Å²) in [7, 11) is 3.14. The number of aldehydes is 1. The summed E-state index contributed by atoms with van der Waals surface area (Å²) >= 11 is 2.05. The van der Waals surface area contributed by atoms with Crippen LogP contribution in [0.15, 0.2) is 18.2 Å². The van der Waals surface area contributed by atoms with Crippen molar-refractivity contribution in [2.75, 3.05) is 118 Å². The Hall–Kier alpha value is -2.28. The second-order valence-electron chi connectivity index (χ2n) is 8.86. The first-order chi connectivity index (χ1) is 22.9. The number of amides is 1. The van der Waals surface area contributed by atoms with Gasteiger partial charge in [-0.1, -0.05) is 0 Å². The van der Waals surface area contributed by atoms with Gasteiger partial charge < -0.3 is 53.3 Å². The number of carbonyl (C=O) groups excluding carboxylic acids is 2. The van der Waals surface area contributed by atoms with Crippen molar-refractivity contribution >= 4 is 59.7 Å². The fourth-order valence-corrected chi connectivity index (χ4v) is 3.79. The highest BCUT2D eigenvalue weighted by molar-refractivity contribution is 14.2. The third kappa shape index (κ3) is 28.4. The molecular weight excluding hydrogens is 761 g/mol. The summed E-state index contributed by atoms with van der Waals surface area (Å²) in [5.74, 6) is -0.135. The van der Waals surface area contributed by atoms with E-state index in [0.29, 0.717) is 99.0 Å². The number of benzene rings is 1. The molecule has 0 fully saturated rings. The number of anilines is 1. The number of carbonyl (C=O) groups is 2. The highest BCUT2D eigenvalue weighted by Crippen LogP contribution is 2.28. The first-order valence-corrected chi connectivity index (χ1v) is 18.0. The predicted octanol–water partition coefficient (Wildman–Crippen LogP) is 2.33. The Morgan fingerprint density at radius 1 is 0.787 bits per heavy atom. The Balaban J connectivity index is 0.000000923. The number of hydrogen-bond acceptors (Lipinski definition) is 16. The number of nitrogens with zero attached hydrogens (tertiary/aromatic N) is 2. The number of nitro benzene ring substituents is 2. The van der Waals surface area contributed by atoms with E-state index in [4.69, 9.17) is 32.6 Å². The molecule has 0 radical (unpaired) electrons. The summed E-state index contributed by atoms with van der Waals surface area (Å²) in [6, 6.07) is 3.45. The summed E-state index contributed by atoms with van der Waals surface area (Å²) < 4.78 is 36.8. The molecule has 1 rings (SSSR count). The topological polar surface area (TPSA) is 221 Å². The minimum atomic E-state index is -0.675. The van der Waals surface area contributed by atoms with E-state index in [1.54, 1.807) is 0 Å². The number of non-ortho nitro benzene ring substituents is 1. The Labute approximate surface area is 290 Å². The zero-order valence-electron chi connectivity index (χ0n) is 26.5. The molecule has 1 amide bonds. The summed E-state index contributed by atoms with van der Waals surface area (Å²) in [4.78, 5) is 41.5. The lowest BCUT2D eigenvalue weighted by molar-refractivity contribution is -0.393. The molecule has 270 valence electrons. The first kappa shape index (κ1) is 44.7. The van der Waals surface area contributed by atoms with Crippen molar-refractivity contribution in [3.63, 3.8) is 0 Å². The average molecular weight is 808 g/mol. The molecule has 0 aliphatic rings. The Morgan fingerprint density at radius 2 is 1.30 bits per heavy atom. The van der Waals surface area contributed by atoms with Crippen molar-refractivity contribution in [3.8, 4) is 0 Å². The standard InChI is InChI=1S/C15H24N4O7.C12H22INO6S/c1-16-4-6-24-8-10-26-11-9-25-7-5-17-14-3-2-13(18(20)21)12-15(14)19(22)23;13-21-20-11-10-19-9-8-18-7-6-17-5-3-14-12(16)2-1-4-15/h2-3,12,16-17H,4-11H2,1H3;4H,1-3,5-11H2,(H,14,16). The molecule has 0 spiro atoms. The van der Waals surface area contributed by atoms with Crippen molar-refractivity contribution < 1.29 is 52.0 Å². The quantitative estimate of drug-likeness (QED) is 0.0245. The van der Waals surface area contributed by atoms with E-state index in [9.17, 15) is 29.8 Å². The molecule has 0 bridgehead atoms. The molecule has 0 aromatic heterocycles. The van der Waals surface area contributed by atoms with E-state index >= 15 is 0 Å². The zero-order chi connectivity index (χ0) is 34.8. The third-order valence-electron chi connectivity index (χ3n) is 5.35. The van der Waals surface area contributed by atoms with Gasteiger partial charge in [0, 0.05) is 59.7 Å². The van der Waals surface area contributed by atoms with Gasteiger partial charge in [-0.2, -0.15) is 0 Å². The average Bonchev–Trinajstić information content (AvgIpc) is 3.06. The maximum atomic E-state index is 11.1. The van der Waals surface area contributed by atoms with Crippen LogP contribution in [-0.2, 0) is 42.2 Å². The van der Waals surface area contributed by atoms with Crippen LogP contribution in [0.2, 0.25) is 0 Å². The Bertz CT molecular complexity index is 972. The number of halogens is 1. The van der Waals surface area contributed by atoms with Gasteiger partial charge >= 0.3 is 0 Å². The van der Waals surface area contributed by atoms with Gasteiger partial charge in [0.1, 0.15) is 12.0 Å². The van der Waals surface area contributed by atoms with E-state index < -0.39 is 9.85 Å². The van der Waals surface area contributed by atoms with Gasteiger partial charge in [0.2, 0.25) is 5.91 Å². The van der Waals surface area contributed by atoms with Crippen molar-refractivity contribution in [3.05, 3.63) is 38.4 Å². The smallest absolute Gasteiger partial charge is 0.299 e. The molecule has 0 aliphatic heterocycles. The summed E-state index contributed by atoms with van der Waals surface area (Å²) in [6.07, 6.45) is 1.21. The molecule has 1 aromatic carbocycles. The fourth-order valence-electron chi connectivity index (χ4n) is 3.12. The van der Waals surface area contributed by atoms with Gasteiger partial charge in [0.15, 0.2) is 0 Å². The van der Waals surface area contributed by atoms with Crippen LogP contribution < -0.4 is 16.0 Å². The lowest BCUT2D eigenvalue weighted by Gasteiger charge is -2.08. The van der Waals surface area contributed by atoms with Gasteiger partial charge in [-0.15, -0.1) is 0 Å². The number of nitrogens with one attached hydrogen (secondary N) is 3. The zero-order valence-corrected chi connectivity index (χ0v) is 29.5. The number of ether oxygens (including phenoxy) is 6. The van der Waals surface area contributed by atoms with Crippen molar-refractivity contribution in [1.29, 1.82) is 0 Å². The minimum absolute atomic E-state index is 0.135. The third-order valence-corrected chi connectivity index (χ3v) is 6.37. The second kappa shape index (κ2) is 33.6. The molecule has 0 atom stereocenters. The van der Waals surface area contributed by atoms with Crippen LogP contribution in [0.25, 0.3) is 0 Å². The van der Waals surface area contributed by atoms with E-state index in [1.165, 1.54) is 21.3 Å². The van der Waals surface area contributed by atoms with Crippen LogP contribution in [0.3, 0.4) is 0 Å². The molecule has 1 aromatic rings. The lowest BCUT2D eigenvalue weighted by atomic mass is 10.2. The van der Waals surface area contributed by atoms with Gasteiger partial charge in [-0.25, -0.2) is 0 Å². The van der Waals surface area contributed by atoms with Gasteiger partial charge in [0.25, 0.3) is 11.4 Å². The molecule has 0 saturated carbocycles. The highest BCUT2D eigenvalue weighted by atomic mass is 127. The molecular formula is C27H46IN5O13S. The SMILES string of the molecule is CNCCOCCOCCOCCNc1ccc([N+](=O)[O-])cc1[N+](=O)[O-].O=CCCC(=O)NCCOCCOCCOCCOSI. The van der Waals surface area contributed by atoms with E-state index in [-0.39, 0.29) is 35.8 Å². The Morgan fingerprint density at radius 3 is 1.79 bits per heavy atom. The molecule has 0 saturated heterocycles. The number of hydrogen-bond donors (Lipinski definition) is 3. The largest absolute Gasteiger partial charge is 0.378 e.